The number of halogens is 1. The lowest BCUT2D eigenvalue weighted by atomic mass is 10.1. The van der Waals surface area contributed by atoms with Crippen molar-refractivity contribution in [3.8, 4) is 0 Å². The third-order valence-electron chi connectivity index (χ3n) is 2.97. The maximum atomic E-state index is 6.03. The van der Waals surface area contributed by atoms with Crippen LogP contribution in [-0.4, -0.2) is 31.9 Å². The predicted octanol–water partition coefficient (Wildman–Crippen LogP) is 4.32. The summed E-state index contributed by atoms with van der Waals surface area (Å²) >= 11 is 3.61. The lowest BCUT2D eigenvalue weighted by Crippen LogP contribution is -2.39. The molecule has 0 amide bonds. The second-order valence-corrected chi connectivity index (χ2v) is 6.98. The Hall–Kier alpha value is -0.420. The first-order valence-electron chi connectivity index (χ1n) is 7.63. The molecule has 1 aromatic rings. The highest BCUT2D eigenvalue weighted by Gasteiger charge is 2.18. The summed E-state index contributed by atoms with van der Waals surface area (Å²) in [6.45, 7) is 11.4. The molecule has 0 aliphatic heterocycles. The van der Waals surface area contributed by atoms with Gasteiger partial charge in [0.25, 0.3) is 0 Å². The highest BCUT2D eigenvalue weighted by atomic mass is 79.9. The van der Waals surface area contributed by atoms with Crippen molar-refractivity contribution in [1.82, 2.24) is 5.32 Å². The number of ether oxygens (including phenoxy) is 2. The van der Waals surface area contributed by atoms with Crippen molar-refractivity contribution in [2.24, 2.45) is 0 Å². The Morgan fingerprint density at radius 1 is 1.14 bits per heavy atom. The van der Waals surface area contributed by atoms with Crippen LogP contribution >= 0.6 is 15.9 Å². The minimum Gasteiger partial charge on any atom is -0.379 e. The van der Waals surface area contributed by atoms with Crippen LogP contribution in [0.5, 0.6) is 0 Å². The standard InChI is InChI=1S/C17H28BrNO2/c1-5-10-20-11-12-21-16(13-19-17(2,3)4)14-8-6-7-9-15(14)18/h6-9,16,19H,5,10-13H2,1-4H3. The molecule has 0 bridgehead atoms. The van der Waals surface area contributed by atoms with E-state index in [0.717, 1.165) is 24.0 Å². The average Bonchev–Trinajstić information content (AvgIpc) is 2.42. The molecule has 0 aliphatic rings. The van der Waals surface area contributed by atoms with E-state index >= 15 is 0 Å². The molecule has 21 heavy (non-hydrogen) atoms. The maximum Gasteiger partial charge on any atom is 0.0961 e. The van der Waals surface area contributed by atoms with E-state index in [1.54, 1.807) is 0 Å². The van der Waals surface area contributed by atoms with Crippen molar-refractivity contribution in [1.29, 1.82) is 0 Å². The summed E-state index contributed by atoms with van der Waals surface area (Å²) < 4.78 is 12.6. The van der Waals surface area contributed by atoms with Gasteiger partial charge in [-0.2, -0.15) is 0 Å². The highest BCUT2D eigenvalue weighted by Crippen LogP contribution is 2.26. The van der Waals surface area contributed by atoms with Crippen LogP contribution < -0.4 is 5.32 Å². The fourth-order valence-corrected chi connectivity index (χ4v) is 2.43. The van der Waals surface area contributed by atoms with Crippen molar-refractivity contribution in [3.63, 3.8) is 0 Å². The van der Waals surface area contributed by atoms with Gasteiger partial charge < -0.3 is 14.8 Å². The lowest BCUT2D eigenvalue weighted by Gasteiger charge is -2.26. The fraction of sp³-hybridized carbons (Fsp3) is 0.647. The molecular weight excluding hydrogens is 330 g/mol. The molecule has 0 fully saturated rings. The van der Waals surface area contributed by atoms with Gasteiger partial charge in [0.05, 0.1) is 19.3 Å². The predicted molar refractivity (Wildman–Crippen MR) is 91.7 cm³/mol. The fourth-order valence-electron chi connectivity index (χ4n) is 1.89. The van der Waals surface area contributed by atoms with Gasteiger partial charge in [0.1, 0.15) is 0 Å². The highest BCUT2D eigenvalue weighted by molar-refractivity contribution is 9.10. The van der Waals surface area contributed by atoms with Gasteiger partial charge in [0, 0.05) is 23.2 Å². The smallest absolute Gasteiger partial charge is 0.0961 e. The first-order chi connectivity index (χ1) is 9.94. The molecule has 1 atom stereocenters. The Bertz CT molecular complexity index is 404. The van der Waals surface area contributed by atoms with E-state index in [2.05, 4.69) is 61.1 Å². The molecule has 0 heterocycles. The first-order valence-corrected chi connectivity index (χ1v) is 8.42. The molecule has 0 radical (unpaired) electrons. The van der Waals surface area contributed by atoms with Gasteiger partial charge in [-0.15, -0.1) is 0 Å². The number of hydrogen-bond acceptors (Lipinski definition) is 3. The quantitative estimate of drug-likeness (QED) is 0.667. The van der Waals surface area contributed by atoms with Crippen LogP contribution in [0.4, 0.5) is 0 Å². The van der Waals surface area contributed by atoms with Crippen LogP contribution in [0.2, 0.25) is 0 Å². The number of benzene rings is 1. The van der Waals surface area contributed by atoms with Crippen LogP contribution in [-0.2, 0) is 9.47 Å². The topological polar surface area (TPSA) is 30.5 Å². The van der Waals surface area contributed by atoms with Crippen molar-refractivity contribution in [2.75, 3.05) is 26.4 Å². The van der Waals surface area contributed by atoms with E-state index in [1.165, 1.54) is 5.56 Å². The monoisotopic (exact) mass is 357 g/mol. The molecule has 120 valence electrons. The number of hydrogen-bond donors (Lipinski definition) is 1. The zero-order chi connectivity index (χ0) is 15.7. The minimum absolute atomic E-state index is 0.0185. The minimum atomic E-state index is 0.0185. The van der Waals surface area contributed by atoms with E-state index in [4.69, 9.17) is 9.47 Å². The third kappa shape index (κ3) is 7.96. The van der Waals surface area contributed by atoms with Crippen LogP contribution in [0.15, 0.2) is 28.7 Å². The summed E-state index contributed by atoms with van der Waals surface area (Å²) in [5.74, 6) is 0. The van der Waals surface area contributed by atoms with Gasteiger partial charge >= 0.3 is 0 Å². The second-order valence-electron chi connectivity index (χ2n) is 6.12. The largest absolute Gasteiger partial charge is 0.379 e. The molecular formula is C17H28BrNO2. The Morgan fingerprint density at radius 2 is 1.86 bits per heavy atom. The van der Waals surface area contributed by atoms with Gasteiger partial charge in [0.2, 0.25) is 0 Å². The van der Waals surface area contributed by atoms with Gasteiger partial charge in [-0.05, 0) is 38.8 Å². The SMILES string of the molecule is CCCOCCOC(CNC(C)(C)C)c1ccccc1Br. The Morgan fingerprint density at radius 3 is 2.48 bits per heavy atom. The van der Waals surface area contributed by atoms with Crippen molar-refractivity contribution in [2.45, 2.75) is 45.8 Å². The zero-order valence-electron chi connectivity index (χ0n) is 13.6. The van der Waals surface area contributed by atoms with Crippen LogP contribution in [0.25, 0.3) is 0 Å². The number of nitrogens with one attached hydrogen (secondary N) is 1. The van der Waals surface area contributed by atoms with Crippen LogP contribution in [0.1, 0.15) is 45.8 Å². The van der Waals surface area contributed by atoms with Crippen molar-refractivity contribution in [3.05, 3.63) is 34.3 Å². The van der Waals surface area contributed by atoms with Crippen LogP contribution in [0.3, 0.4) is 0 Å². The molecule has 0 saturated carbocycles. The maximum absolute atomic E-state index is 6.03. The van der Waals surface area contributed by atoms with E-state index in [1.807, 2.05) is 12.1 Å². The third-order valence-corrected chi connectivity index (χ3v) is 3.69. The van der Waals surface area contributed by atoms with E-state index in [0.29, 0.717) is 13.2 Å². The van der Waals surface area contributed by atoms with Gasteiger partial charge in [-0.25, -0.2) is 0 Å². The van der Waals surface area contributed by atoms with Crippen molar-refractivity contribution < 1.29 is 9.47 Å². The molecule has 1 N–H and O–H groups in total. The summed E-state index contributed by atoms with van der Waals surface area (Å²) in [4.78, 5) is 0. The molecule has 3 nitrogen and oxygen atoms in total. The summed E-state index contributed by atoms with van der Waals surface area (Å²) in [6, 6.07) is 8.22. The Kier molecular flexibility index (Phi) is 8.49. The summed E-state index contributed by atoms with van der Waals surface area (Å²) in [6.07, 6.45) is 1.06. The van der Waals surface area contributed by atoms with Gasteiger partial charge in [-0.3, -0.25) is 0 Å². The molecule has 4 heteroatoms. The van der Waals surface area contributed by atoms with Crippen LogP contribution in [0, 0.1) is 0 Å². The normalized spacial score (nSPS) is 13.4. The van der Waals surface area contributed by atoms with E-state index in [-0.39, 0.29) is 11.6 Å². The second kappa shape index (κ2) is 9.57. The zero-order valence-corrected chi connectivity index (χ0v) is 15.2. The molecule has 0 aliphatic carbocycles. The Balaban J connectivity index is 2.60. The molecule has 1 aromatic carbocycles. The molecule has 0 saturated heterocycles. The molecule has 1 unspecified atom stereocenters. The van der Waals surface area contributed by atoms with Gasteiger partial charge in [0.15, 0.2) is 0 Å². The molecule has 0 spiro atoms. The summed E-state index contributed by atoms with van der Waals surface area (Å²) in [7, 11) is 0. The lowest BCUT2D eigenvalue weighted by molar-refractivity contribution is 0.00180. The number of rotatable bonds is 9. The van der Waals surface area contributed by atoms with Gasteiger partial charge in [-0.1, -0.05) is 41.1 Å². The first kappa shape index (κ1) is 18.6. The average molecular weight is 358 g/mol. The summed E-state index contributed by atoms with van der Waals surface area (Å²) in [5.41, 5.74) is 1.24. The van der Waals surface area contributed by atoms with Crippen molar-refractivity contribution >= 4 is 15.9 Å². The Labute approximate surface area is 137 Å². The molecule has 0 aromatic heterocycles. The summed E-state index contributed by atoms with van der Waals surface area (Å²) in [5, 5.41) is 3.51. The molecule has 1 rings (SSSR count). The van der Waals surface area contributed by atoms with E-state index < -0.39 is 0 Å². The van der Waals surface area contributed by atoms with E-state index in [9.17, 15) is 0 Å².